The van der Waals surface area contributed by atoms with Crippen LogP contribution in [0.3, 0.4) is 0 Å². The molecular formula is C13H12O2. The molecule has 1 aromatic carbocycles. The highest BCUT2D eigenvalue weighted by Gasteiger charge is 2.25. The van der Waals surface area contributed by atoms with Crippen molar-refractivity contribution < 1.29 is 9.90 Å². The lowest BCUT2D eigenvalue weighted by Gasteiger charge is -2.08. The third-order valence-electron chi connectivity index (χ3n) is 3.37. The molecule has 1 atom stereocenters. The molecule has 0 bridgehead atoms. The summed E-state index contributed by atoms with van der Waals surface area (Å²) in [5.74, 6) is -1.17. The molecule has 76 valence electrons. The van der Waals surface area contributed by atoms with Crippen LogP contribution < -0.4 is 0 Å². The van der Waals surface area contributed by atoms with Crippen molar-refractivity contribution in [3.8, 4) is 0 Å². The average Bonchev–Trinajstić information content (AvgIpc) is 2.77. The van der Waals surface area contributed by atoms with E-state index in [0.717, 1.165) is 24.0 Å². The second kappa shape index (κ2) is 2.96. The van der Waals surface area contributed by atoms with Gasteiger partial charge < -0.3 is 5.11 Å². The molecule has 0 aliphatic heterocycles. The van der Waals surface area contributed by atoms with Gasteiger partial charge in [-0.2, -0.15) is 0 Å². The maximum atomic E-state index is 11.0. The Morgan fingerprint density at radius 3 is 2.73 bits per heavy atom. The molecule has 0 heterocycles. The zero-order valence-electron chi connectivity index (χ0n) is 8.36. The predicted octanol–water partition coefficient (Wildman–Crippen LogP) is 2.37. The molecule has 0 fully saturated rings. The van der Waals surface area contributed by atoms with Crippen LogP contribution in [0.2, 0.25) is 0 Å². The van der Waals surface area contributed by atoms with Gasteiger partial charge in [0.2, 0.25) is 0 Å². The highest BCUT2D eigenvalue weighted by atomic mass is 16.4. The summed E-state index contributed by atoms with van der Waals surface area (Å²) >= 11 is 0. The lowest BCUT2D eigenvalue weighted by molar-refractivity contribution is -0.137. The van der Waals surface area contributed by atoms with Crippen LogP contribution in [0.25, 0.3) is 6.08 Å². The number of hydrogen-bond acceptors (Lipinski definition) is 1. The number of aliphatic carboxylic acids is 1. The Morgan fingerprint density at radius 2 is 2.00 bits per heavy atom. The van der Waals surface area contributed by atoms with Crippen LogP contribution in [-0.4, -0.2) is 11.1 Å². The highest BCUT2D eigenvalue weighted by Crippen LogP contribution is 2.35. The van der Waals surface area contributed by atoms with Crippen molar-refractivity contribution in [2.24, 2.45) is 0 Å². The number of carboxylic acid groups (broad SMARTS) is 1. The summed E-state index contributed by atoms with van der Waals surface area (Å²) in [5.41, 5.74) is 4.83. The second-order valence-corrected chi connectivity index (χ2v) is 4.28. The fourth-order valence-electron chi connectivity index (χ4n) is 2.59. The van der Waals surface area contributed by atoms with Gasteiger partial charge in [-0.05, 0) is 41.5 Å². The number of benzene rings is 1. The van der Waals surface area contributed by atoms with Gasteiger partial charge in [-0.15, -0.1) is 0 Å². The summed E-state index contributed by atoms with van der Waals surface area (Å²) in [6, 6.07) is 4.26. The van der Waals surface area contributed by atoms with E-state index < -0.39 is 11.9 Å². The van der Waals surface area contributed by atoms with E-state index in [1.165, 1.54) is 17.5 Å². The Kier molecular flexibility index (Phi) is 1.72. The maximum absolute atomic E-state index is 11.0. The van der Waals surface area contributed by atoms with Gasteiger partial charge in [0.15, 0.2) is 0 Å². The van der Waals surface area contributed by atoms with Gasteiger partial charge >= 0.3 is 5.97 Å². The SMILES string of the molecule is O=C(O)C1C=Cc2cc3c(cc21)CCC3. The Labute approximate surface area is 88.2 Å². The first-order chi connectivity index (χ1) is 7.25. The van der Waals surface area contributed by atoms with E-state index in [1.54, 1.807) is 6.08 Å². The molecule has 1 N–H and O–H groups in total. The molecule has 2 aliphatic carbocycles. The molecule has 0 spiro atoms. The van der Waals surface area contributed by atoms with Crippen molar-refractivity contribution in [3.05, 3.63) is 40.5 Å². The third-order valence-corrected chi connectivity index (χ3v) is 3.37. The first-order valence-electron chi connectivity index (χ1n) is 5.32. The first-order valence-corrected chi connectivity index (χ1v) is 5.32. The maximum Gasteiger partial charge on any atom is 0.314 e. The van der Waals surface area contributed by atoms with E-state index >= 15 is 0 Å². The smallest absolute Gasteiger partial charge is 0.314 e. The zero-order valence-corrected chi connectivity index (χ0v) is 8.36. The van der Waals surface area contributed by atoms with Crippen LogP contribution in [-0.2, 0) is 17.6 Å². The summed E-state index contributed by atoms with van der Waals surface area (Å²) in [7, 11) is 0. The minimum atomic E-state index is -0.747. The molecule has 3 rings (SSSR count). The van der Waals surface area contributed by atoms with Crippen LogP contribution in [0, 0.1) is 0 Å². The minimum absolute atomic E-state index is 0.425. The molecule has 15 heavy (non-hydrogen) atoms. The van der Waals surface area contributed by atoms with Crippen LogP contribution in [0.4, 0.5) is 0 Å². The number of rotatable bonds is 1. The molecule has 2 aliphatic rings. The van der Waals surface area contributed by atoms with Crippen molar-refractivity contribution >= 4 is 12.0 Å². The topological polar surface area (TPSA) is 37.3 Å². The van der Waals surface area contributed by atoms with Crippen LogP contribution in [0.5, 0.6) is 0 Å². The molecule has 1 aromatic rings. The number of hydrogen-bond donors (Lipinski definition) is 1. The molecule has 0 saturated heterocycles. The van der Waals surface area contributed by atoms with E-state index in [4.69, 9.17) is 5.11 Å². The Morgan fingerprint density at radius 1 is 1.27 bits per heavy atom. The van der Waals surface area contributed by atoms with Crippen LogP contribution in [0.1, 0.15) is 34.6 Å². The van der Waals surface area contributed by atoms with Gasteiger partial charge in [0.25, 0.3) is 0 Å². The van der Waals surface area contributed by atoms with Gasteiger partial charge in [0, 0.05) is 0 Å². The van der Waals surface area contributed by atoms with Crippen molar-refractivity contribution in [3.63, 3.8) is 0 Å². The van der Waals surface area contributed by atoms with Gasteiger partial charge in [-0.25, -0.2) is 0 Å². The zero-order chi connectivity index (χ0) is 10.4. The fraction of sp³-hybridized carbons (Fsp3) is 0.308. The van der Waals surface area contributed by atoms with Gasteiger partial charge in [0.05, 0.1) is 0 Å². The Bertz CT molecular complexity index is 472. The van der Waals surface area contributed by atoms with E-state index in [1.807, 2.05) is 6.08 Å². The normalized spacial score (nSPS) is 21.5. The molecule has 0 saturated carbocycles. The molecule has 0 amide bonds. The molecule has 2 heteroatoms. The first kappa shape index (κ1) is 8.72. The lowest BCUT2D eigenvalue weighted by atomic mass is 9.96. The Hall–Kier alpha value is -1.57. The number of aryl methyl sites for hydroxylation is 2. The third kappa shape index (κ3) is 1.21. The van der Waals surface area contributed by atoms with Crippen molar-refractivity contribution in [1.82, 2.24) is 0 Å². The van der Waals surface area contributed by atoms with E-state index in [-0.39, 0.29) is 0 Å². The van der Waals surface area contributed by atoms with E-state index in [0.29, 0.717) is 0 Å². The standard InChI is InChI=1S/C13H12O2/c14-13(15)11-5-4-10-6-8-2-1-3-9(8)7-12(10)11/h4-7,11H,1-3H2,(H,14,15). The summed E-state index contributed by atoms with van der Waals surface area (Å²) in [6.07, 6.45) is 7.18. The predicted molar refractivity (Wildman–Crippen MR) is 57.9 cm³/mol. The van der Waals surface area contributed by atoms with Crippen molar-refractivity contribution in [1.29, 1.82) is 0 Å². The second-order valence-electron chi connectivity index (χ2n) is 4.28. The number of carbonyl (C=O) groups is 1. The van der Waals surface area contributed by atoms with Crippen molar-refractivity contribution in [2.75, 3.05) is 0 Å². The fourth-order valence-corrected chi connectivity index (χ4v) is 2.59. The van der Waals surface area contributed by atoms with E-state index in [2.05, 4.69) is 12.1 Å². The number of carboxylic acids is 1. The number of fused-ring (bicyclic) bond motifs is 2. The summed E-state index contributed by atoms with van der Waals surface area (Å²) in [4.78, 5) is 11.0. The van der Waals surface area contributed by atoms with Crippen molar-refractivity contribution in [2.45, 2.75) is 25.2 Å². The molecular weight excluding hydrogens is 188 g/mol. The average molecular weight is 200 g/mol. The minimum Gasteiger partial charge on any atom is -0.481 e. The van der Waals surface area contributed by atoms with Gasteiger partial charge in [0.1, 0.15) is 5.92 Å². The van der Waals surface area contributed by atoms with E-state index in [9.17, 15) is 4.79 Å². The van der Waals surface area contributed by atoms with Crippen LogP contribution in [0.15, 0.2) is 18.2 Å². The molecule has 0 radical (unpaired) electrons. The summed E-state index contributed by atoms with van der Waals surface area (Å²) in [5, 5.41) is 9.06. The monoisotopic (exact) mass is 200 g/mol. The quantitative estimate of drug-likeness (QED) is 0.755. The van der Waals surface area contributed by atoms with Gasteiger partial charge in [-0.1, -0.05) is 24.3 Å². The Balaban J connectivity index is 2.13. The van der Waals surface area contributed by atoms with Crippen LogP contribution >= 0.6 is 0 Å². The lowest BCUT2D eigenvalue weighted by Crippen LogP contribution is -2.07. The summed E-state index contributed by atoms with van der Waals surface area (Å²) < 4.78 is 0. The summed E-state index contributed by atoms with van der Waals surface area (Å²) in [6.45, 7) is 0. The molecule has 2 nitrogen and oxygen atoms in total. The van der Waals surface area contributed by atoms with Gasteiger partial charge in [-0.3, -0.25) is 4.79 Å². The largest absolute Gasteiger partial charge is 0.481 e. The molecule has 0 aromatic heterocycles. The highest BCUT2D eigenvalue weighted by molar-refractivity contribution is 5.85. The molecule has 1 unspecified atom stereocenters.